The van der Waals surface area contributed by atoms with E-state index < -0.39 is 5.60 Å². The van der Waals surface area contributed by atoms with E-state index in [-0.39, 0.29) is 23.7 Å². The SMILES string of the molecule is COC(=O)C1C(C)C1COC(c1ccccc1)(c1ccccc1)c1ccc(OC)cc1. The third kappa shape index (κ3) is 3.96. The van der Waals surface area contributed by atoms with Crippen LogP contribution in [0.3, 0.4) is 0 Å². The third-order valence-corrected chi connectivity index (χ3v) is 6.39. The summed E-state index contributed by atoms with van der Waals surface area (Å²) in [6.45, 7) is 2.53. The fourth-order valence-electron chi connectivity index (χ4n) is 4.47. The van der Waals surface area contributed by atoms with Gasteiger partial charge in [-0.3, -0.25) is 4.79 Å². The van der Waals surface area contributed by atoms with Gasteiger partial charge in [0.05, 0.1) is 26.7 Å². The number of carbonyl (C=O) groups is 1. The molecule has 0 amide bonds. The number of benzene rings is 3. The molecule has 0 aliphatic heterocycles. The molecule has 1 saturated carbocycles. The van der Waals surface area contributed by atoms with Crippen LogP contribution in [-0.2, 0) is 19.9 Å². The lowest BCUT2D eigenvalue weighted by Gasteiger charge is -2.36. The maximum Gasteiger partial charge on any atom is 0.309 e. The van der Waals surface area contributed by atoms with Gasteiger partial charge >= 0.3 is 5.97 Å². The van der Waals surface area contributed by atoms with Crippen LogP contribution in [0.15, 0.2) is 84.9 Å². The van der Waals surface area contributed by atoms with E-state index in [1.165, 1.54) is 7.11 Å². The van der Waals surface area contributed by atoms with E-state index in [2.05, 4.69) is 31.2 Å². The highest BCUT2D eigenvalue weighted by molar-refractivity contribution is 5.76. The Morgan fingerprint density at radius 1 is 0.806 bits per heavy atom. The number of hydrogen-bond donors (Lipinski definition) is 0. The lowest BCUT2D eigenvalue weighted by Crippen LogP contribution is -2.34. The van der Waals surface area contributed by atoms with Crippen molar-refractivity contribution in [2.24, 2.45) is 17.8 Å². The van der Waals surface area contributed by atoms with Gasteiger partial charge in [0.2, 0.25) is 0 Å². The minimum atomic E-state index is -0.808. The summed E-state index contributed by atoms with van der Waals surface area (Å²) in [5.74, 6) is 0.908. The van der Waals surface area contributed by atoms with Crippen molar-refractivity contribution in [1.82, 2.24) is 0 Å². The van der Waals surface area contributed by atoms with Gasteiger partial charge in [-0.25, -0.2) is 0 Å². The zero-order valence-corrected chi connectivity index (χ0v) is 18.2. The molecule has 4 heteroatoms. The molecular weight excluding hydrogens is 388 g/mol. The average Bonchev–Trinajstić information content (AvgIpc) is 3.49. The van der Waals surface area contributed by atoms with Crippen LogP contribution in [0.4, 0.5) is 0 Å². The van der Waals surface area contributed by atoms with Crippen molar-refractivity contribution in [3.8, 4) is 5.75 Å². The topological polar surface area (TPSA) is 44.8 Å². The molecule has 0 heterocycles. The molecular formula is C27H28O4. The lowest BCUT2D eigenvalue weighted by atomic mass is 9.80. The van der Waals surface area contributed by atoms with Crippen LogP contribution < -0.4 is 4.74 Å². The first-order valence-corrected chi connectivity index (χ1v) is 10.6. The third-order valence-electron chi connectivity index (χ3n) is 6.39. The number of ether oxygens (including phenoxy) is 3. The Morgan fingerprint density at radius 3 is 1.81 bits per heavy atom. The highest BCUT2D eigenvalue weighted by Gasteiger charge is 2.53. The van der Waals surface area contributed by atoms with Gasteiger partial charge in [0.25, 0.3) is 0 Å². The second-order valence-electron chi connectivity index (χ2n) is 8.02. The molecule has 3 aromatic carbocycles. The lowest BCUT2D eigenvalue weighted by molar-refractivity contribution is -0.143. The molecule has 1 aliphatic carbocycles. The summed E-state index contributed by atoms with van der Waals surface area (Å²) in [4.78, 5) is 12.1. The normalized spacial score (nSPS) is 20.2. The van der Waals surface area contributed by atoms with Crippen molar-refractivity contribution < 1.29 is 19.0 Å². The number of carbonyl (C=O) groups excluding carboxylic acids is 1. The van der Waals surface area contributed by atoms with E-state index in [1.54, 1.807) is 7.11 Å². The Labute approximate surface area is 183 Å². The van der Waals surface area contributed by atoms with E-state index in [1.807, 2.05) is 60.7 Å². The zero-order chi connectivity index (χ0) is 21.8. The molecule has 0 N–H and O–H groups in total. The van der Waals surface area contributed by atoms with Gasteiger partial charge in [-0.15, -0.1) is 0 Å². The van der Waals surface area contributed by atoms with Crippen molar-refractivity contribution in [3.63, 3.8) is 0 Å². The summed E-state index contributed by atoms with van der Waals surface area (Å²) >= 11 is 0. The fourth-order valence-corrected chi connectivity index (χ4v) is 4.47. The summed E-state index contributed by atoms with van der Waals surface area (Å²) in [5, 5.41) is 0. The average molecular weight is 417 g/mol. The molecule has 31 heavy (non-hydrogen) atoms. The first-order chi connectivity index (χ1) is 15.1. The molecule has 3 unspecified atom stereocenters. The monoisotopic (exact) mass is 416 g/mol. The van der Waals surface area contributed by atoms with Crippen LogP contribution >= 0.6 is 0 Å². The van der Waals surface area contributed by atoms with Crippen molar-refractivity contribution >= 4 is 5.97 Å². The highest BCUT2D eigenvalue weighted by atomic mass is 16.5. The van der Waals surface area contributed by atoms with E-state index in [0.29, 0.717) is 6.61 Å². The Balaban J connectivity index is 1.79. The minimum Gasteiger partial charge on any atom is -0.497 e. The minimum absolute atomic E-state index is 0.106. The number of esters is 1. The van der Waals surface area contributed by atoms with Crippen LogP contribution in [0.25, 0.3) is 0 Å². The van der Waals surface area contributed by atoms with Gasteiger partial charge in [0, 0.05) is 0 Å². The van der Waals surface area contributed by atoms with Crippen LogP contribution in [-0.4, -0.2) is 26.8 Å². The Morgan fingerprint density at radius 2 is 1.32 bits per heavy atom. The maximum absolute atomic E-state index is 12.1. The molecule has 0 bridgehead atoms. The van der Waals surface area contributed by atoms with Crippen LogP contribution in [0.5, 0.6) is 5.75 Å². The second kappa shape index (κ2) is 8.94. The van der Waals surface area contributed by atoms with Crippen LogP contribution in [0.1, 0.15) is 23.6 Å². The summed E-state index contributed by atoms with van der Waals surface area (Å²) in [5.41, 5.74) is 2.27. The van der Waals surface area contributed by atoms with Crippen molar-refractivity contribution in [3.05, 3.63) is 102 Å². The van der Waals surface area contributed by atoms with Crippen molar-refractivity contribution in [1.29, 1.82) is 0 Å². The molecule has 1 fully saturated rings. The summed E-state index contributed by atoms with van der Waals surface area (Å²) in [7, 11) is 3.11. The van der Waals surface area contributed by atoms with Crippen molar-refractivity contribution in [2.45, 2.75) is 12.5 Å². The smallest absolute Gasteiger partial charge is 0.309 e. The van der Waals surface area contributed by atoms with Gasteiger partial charge in [0.15, 0.2) is 0 Å². The summed E-state index contributed by atoms with van der Waals surface area (Å²) < 4.78 is 17.2. The first-order valence-electron chi connectivity index (χ1n) is 10.6. The molecule has 4 nitrogen and oxygen atoms in total. The first kappa shape index (κ1) is 21.1. The molecule has 3 atom stereocenters. The number of rotatable bonds is 8. The predicted molar refractivity (Wildman–Crippen MR) is 120 cm³/mol. The number of methoxy groups -OCH3 is 2. The Bertz CT molecular complexity index is 959. The summed E-state index contributed by atoms with van der Waals surface area (Å²) in [6, 6.07) is 28.5. The van der Waals surface area contributed by atoms with E-state index >= 15 is 0 Å². The largest absolute Gasteiger partial charge is 0.497 e. The van der Waals surface area contributed by atoms with Gasteiger partial charge in [-0.05, 0) is 40.7 Å². The highest BCUT2D eigenvalue weighted by Crippen LogP contribution is 2.49. The molecule has 0 spiro atoms. The fraction of sp³-hybridized carbons (Fsp3) is 0.296. The summed E-state index contributed by atoms with van der Waals surface area (Å²) in [6.07, 6.45) is 0. The van der Waals surface area contributed by atoms with E-state index in [9.17, 15) is 4.79 Å². The Kier molecular flexibility index (Phi) is 6.10. The quantitative estimate of drug-likeness (QED) is 0.380. The zero-order valence-electron chi connectivity index (χ0n) is 18.2. The van der Waals surface area contributed by atoms with E-state index in [0.717, 1.165) is 22.4 Å². The predicted octanol–water partition coefficient (Wildman–Crippen LogP) is 5.06. The molecule has 160 valence electrons. The van der Waals surface area contributed by atoms with Crippen molar-refractivity contribution in [2.75, 3.05) is 20.8 Å². The molecule has 0 saturated heterocycles. The van der Waals surface area contributed by atoms with Crippen LogP contribution in [0.2, 0.25) is 0 Å². The molecule has 0 aromatic heterocycles. The van der Waals surface area contributed by atoms with Gasteiger partial charge in [-0.2, -0.15) is 0 Å². The molecule has 0 radical (unpaired) electrons. The van der Waals surface area contributed by atoms with Crippen LogP contribution in [0, 0.1) is 17.8 Å². The van der Waals surface area contributed by atoms with Gasteiger partial charge in [-0.1, -0.05) is 79.7 Å². The standard InChI is InChI=1S/C27H28O4/c1-19-24(25(19)26(28)30-3)18-31-27(20-10-6-4-7-11-20,21-12-8-5-9-13-21)22-14-16-23(29-2)17-15-22/h4-17,19,24-25H,18H2,1-3H3. The second-order valence-corrected chi connectivity index (χ2v) is 8.02. The molecule has 4 rings (SSSR count). The molecule has 1 aliphatic rings. The maximum atomic E-state index is 12.1. The molecule has 3 aromatic rings. The van der Waals surface area contributed by atoms with Gasteiger partial charge in [0.1, 0.15) is 11.4 Å². The number of hydrogen-bond acceptors (Lipinski definition) is 4. The van der Waals surface area contributed by atoms with Gasteiger partial charge < -0.3 is 14.2 Å². The Hall–Kier alpha value is -3.11. The van der Waals surface area contributed by atoms with E-state index in [4.69, 9.17) is 14.2 Å².